The Kier molecular flexibility index (Phi) is 5.30. The van der Waals surface area contributed by atoms with Crippen LogP contribution >= 0.6 is 0 Å². The number of hydrogen-bond acceptors (Lipinski definition) is 3. The summed E-state index contributed by atoms with van der Waals surface area (Å²) in [4.78, 5) is 26.8. The molecule has 0 fully saturated rings. The first-order valence-electron chi connectivity index (χ1n) is 9.10. The molecule has 2 aromatic carbocycles. The molecule has 5 nitrogen and oxygen atoms in total. The predicted octanol–water partition coefficient (Wildman–Crippen LogP) is 4.73. The van der Waals surface area contributed by atoms with Gasteiger partial charge in [-0.25, -0.2) is 0 Å². The van der Waals surface area contributed by atoms with Crippen LogP contribution in [0.2, 0.25) is 0 Å². The predicted molar refractivity (Wildman–Crippen MR) is 103 cm³/mol. The largest absolute Gasteiger partial charge is 0.490 e. The van der Waals surface area contributed by atoms with Crippen LogP contribution in [0.4, 0.5) is 24.5 Å². The second-order valence-electron chi connectivity index (χ2n) is 7.43. The quantitative estimate of drug-likeness (QED) is 0.802. The molecule has 1 N–H and O–H groups in total. The van der Waals surface area contributed by atoms with Crippen molar-refractivity contribution in [2.45, 2.75) is 26.9 Å². The number of halogens is 3. The molecule has 0 radical (unpaired) electrons. The minimum absolute atomic E-state index is 0.0914. The molecule has 0 spiro atoms. The molecule has 154 valence electrons. The Labute approximate surface area is 166 Å². The summed E-state index contributed by atoms with van der Waals surface area (Å²) >= 11 is 0. The van der Waals surface area contributed by atoms with E-state index in [-0.39, 0.29) is 18.1 Å². The Morgan fingerprint density at radius 1 is 1.17 bits per heavy atom. The molecule has 0 bridgehead atoms. The van der Waals surface area contributed by atoms with Crippen molar-refractivity contribution in [1.29, 1.82) is 0 Å². The molecule has 2 amide bonds. The highest BCUT2D eigenvalue weighted by atomic mass is 19.4. The van der Waals surface area contributed by atoms with Crippen molar-refractivity contribution >= 4 is 23.2 Å². The lowest BCUT2D eigenvalue weighted by Crippen LogP contribution is -2.42. The van der Waals surface area contributed by atoms with E-state index < -0.39 is 23.1 Å². The van der Waals surface area contributed by atoms with Crippen LogP contribution in [0, 0.1) is 5.41 Å². The molecule has 0 unspecified atom stereocenters. The highest BCUT2D eigenvalue weighted by Gasteiger charge is 2.37. The first-order valence-corrected chi connectivity index (χ1v) is 9.10. The minimum atomic E-state index is -4.46. The Balaban J connectivity index is 1.85. The molecule has 0 saturated heterocycles. The van der Waals surface area contributed by atoms with Gasteiger partial charge in [0.15, 0.2) is 0 Å². The number of nitrogens with one attached hydrogen (secondary N) is 1. The fourth-order valence-electron chi connectivity index (χ4n) is 3.05. The van der Waals surface area contributed by atoms with E-state index in [2.05, 4.69) is 5.32 Å². The Bertz CT molecular complexity index is 937. The van der Waals surface area contributed by atoms with E-state index in [0.717, 1.165) is 24.3 Å². The smallest absolute Gasteiger partial charge is 0.416 e. The number of anilines is 2. The minimum Gasteiger partial charge on any atom is -0.490 e. The van der Waals surface area contributed by atoms with Crippen molar-refractivity contribution in [2.24, 2.45) is 5.41 Å². The molecule has 29 heavy (non-hydrogen) atoms. The Morgan fingerprint density at radius 2 is 1.83 bits per heavy atom. The molecule has 8 heteroatoms. The van der Waals surface area contributed by atoms with Crippen LogP contribution in [-0.4, -0.2) is 25.0 Å². The van der Waals surface area contributed by atoms with Gasteiger partial charge in [-0.2, -0.15) is 13.2 Å². The standard InChI is InChI=1S/C21H21F3N2O3/c1-4-26-16-11-15(9-10-17(16)29-12-20(2,3)19(26)28)25-18(27)13-5-7-14(8-6-13)21(22,23)24/h5-11H,4,12H2,1-3H3,(H,25,27). The lowest BCUT2D eigenvalue weighted by molar-refractivity contribution is -0.137. The van der Waals surface area contributed by atoms with E-state index in [1.165, 1.54) is 0 Å². The molecule has 0 aliphatic carbocycles. The van der Waals surface area contributed by atoms with Gasteiger partial charge in [0, 0.05) is 17.8 Å². The Hall–Kier alpha value is -3.03. The zero-order chi connectivity index (χ0) is 21.4. The molecular formula is C21H21F3N2O3. The van der Waals surface area contributed by atoms with Gasteiger partial charge in [0.25, 0.3) is 5.91 Å². The maximum Gasteiger partial charge on any atom is 0.416 e. The normalized spacial score (nSPS) is 15.9. The van der Waals surface area contributed by atoms with Crippen molar-refractivity contribution in [3.8, 4) is 5.75 Å². The summed E-state index contributed by atoms with van der Waals surface area (Å²) in [6.07, 6.45) is -4.46. The number of rotatable bonds is 3. The third-order valence-electron chi connectivity index (χ3n) is 4.71. The molecule has 1 aliphatic rings. The van der Waals surface area contributed by atoms with Crippen molar-refractivity contribution in [2.75, 3.05) is 23.4 Å². The summed E-state index contributed by atoms with van der Waals surface area (Å²) in [6, 6.07) is 8.87. The summed E-state index contributed by atoms with van der Waals surface area (Å²) in [5.41, 5.74) is -0.486. The summed E-state index contributed by atoms with van der Waals surface area (Å²) in [5, 5.41) is 2.65. The summed E-state index contributed by atoms with van der Waals surface area (Å²) in [6.45, 7) is 6.10. The van der Waals surface area contributed by atoms with Crippen LogP contribution in [0.3, 0.4) is 0 Å². The first kappa shape index (κ1) is 20.7. The van der Waals surface area contributed by atoms with Crippen LogP contribution in [0.1, 0.15) is 36.7 Å². The van der Waals surface area contributed by atoms with Gasteiger partial charge in [-0.3, -0.25) is 9.59 Å². The average Bonchev–Trinajstić information content (AvgIpc) is 2.75. The summed E-state index contributed by atoms with van der Waals surface area (Å²) in [7, 11) is 0. The van der Waals surface area contributed by atoms with E-state index in [9.17, 15) is 22.8 Å². The van der Waals surface area contributed by atoms with Crippen molar-refractivity contribution in [3.63, 3.8) is 0 Å². The molecule has 2 aromatic rings. The van der Waals surface area contributed by atoms with Gasteiger partial charge in [-0.1, -0.05) is 0 Å². The lowest BCUT2D eigenvalue weighted by Gasteiger charge is -2.27. The third kappa shape index (κ3) is 4.21. The number of carbonyl (C=O) groups excluding carboxylic acids is 2. The molecule has 0 atom stereocenters. The monoisotopic (exact) mass is 406 g/mol. The van der Waals surface area contributed by atoms with Gasteiger partial charge >= 0.3 is 6.18 Å². The van der Waals surface area contributed by atoms with Crippen molar-refractivity contribution in [1.82, 2.24) is 0 Å². The second kappa shape index (κ2) is 7.42. The van der Waals surface area contributed by atoms with E-state index in [0.29, 0.717) is 23.7 Å². The number of benzene rings is 2. The zero-order valence-electron chi connectivity index (χ0n) is 16.3. The van der Waals surface area contributed by atoms with Crippen LogP contribution in [0.5, 0.6) is 5.75 Å². The molecule has 3 rings (SSSR count). The SMILES string of the molecule is CCN1C(=O)C(C)(C)COc2ccc(NC(=O)c3ccc(C(F)(F)F)cc3)cc21. The topological polar surface area (TPSA) is 58.6 Å². The number of fused-ring (bicyclic) bond motifs is 1. The van der Waals surface area contributed by atoms with Crippen LogP contribution in [-0.2, 0) is 11.0 Å². The van der Waals surface area contributed by atoms with Gasteiger partial charge in [0.2, 0.25) is 5.91 Å². The van der Waals surface area contributed by atoms with Crippen LogP contribution < -0.4 is 15.0 Å². The number of amides is 2. The number of carbonyl (C=O) groups is 2. The van der Waals surface area contributed by atoms with E-state index in [4.69, 9.17) is 4.74 Å². The van der Waals surface area contributed by atoms with E-state index in [1.54, 1.807) is 36.9 Å². The number of nitrogens with zero attached hydrogens (tertiary/aromatic N) is 1. The molecule has 1 aliphatic heterocycles. The second-order valence-corrected chi connectivity index (χ2v) is 7.43. The van der Waals surface area contributed by atoms with E-state index >= 15 is 0 Å². The number of hydrogen-bond donors (Lipinski definition) is 1. The van der Waals surface area contributed by atoms with Crippen molar-refractivity contribution in [3.05, 3.63) is 53.6 Å². The number of ether oxygens (including phenoxy) is 1. The van der Waals surface area contributed by atoms with Gasteiger partial charge in [0.1, 0.15) is 12.4 Å². The van der Waals surface area contributed by atoms with E-state index in [1.807, 2.05) is 6.92 Å². The number of alkyl halides is 3. The van der Waals surface area contributed by atoms with Crippen LogP contribution in [0.15, 0.2) is 42.5 Å². The fraction of sp³-hybridized carbons (Fsp3) is 0.333. The molecule has 0 aromatic heterocycles. The Morgan fingerprint density at radius 3 is 2.41 bits per heavy atom. The highest BCUT2D eigenvalue weighted by molar-refractivity contribution is 6.05. The average molecular weight is 406 g/mol. The maximum absolute atomic E-state index is 12.8. The highest BCUT2D eigenvalue weighted by Crippen LogP contribution is 2.38. The lowest BCUT2D eigenvalue weighted by atomic mass is 9.93. The van der Waals surface area contributed by atoms with Gasteiger partial charge in [-0.05, 0) is 63.2 Å². The third-order valence-corrected chi connectivity index (χ3v) is 4.71. The zero-order valence-corrected chi connectivity index (χ0v) is 16.3. The summed E-state index contributed by atoms with van der Waals surface area (Å²) < 4.78 is 43.8. The molecule has 0 saturated carbocycles. The molecule has 1 heterocycles. The molecular weight excluding hydrogens is 385 g/mol. The maximum atomic E-state index is 12.8. The summed E-state index contributed by atoms with van der Waals surface area (Å²) in [5.74, 6) is -0.119. The van der Waals surface area contributed by atoms with Gasteiger partial charge in [0.05, 0.1) is 16.7 Å². The van der Waals surface area contributed by atoms with Gasteiger partial charge in [-0.15, -0.1) is 0 Å². The fourth-order valence-corrected chi connectivity index (χ4v) is 3.05. The first-order chi connectivity index (χ1) is 13.5. The van der Waals surface area contributed by atoms with Gasteiger partial charge < -0.3 is 15.0 Å². The van der Waals surface area contributed by atoms with Crippen LogP contribution in [0.25, 0.3) is 0 Å². The van der Waals surface area contributed by atoms with Crippen molar-refractivity contribution < 1.29 is 27.5 Å².